The number of hydrogen-bond donors (Lipinski definition) is 1. The van der Waals surface area contributed by atoms with Crippen molar-refractivity contribution in [2.24, 2.45) is 5.92 Å². The molecular formula is C22H21F3N2O4. The number of nitrogens with one attached hydrogen (secondary N) is 1. The first-order chi connectivity index (χ1) is 14.6. The maximum Gasteiger partial charge on any atom is 0.416 e. The van der Waals surface area contributed by atoms with Gasteiger partial charge in [-0.05, 0) is 49.2 Å². The highest BCUT2D eigenvalue weighted by Crippen LogP contribution is 2.31. The zero-order chi connectivity index (χ0) is 22.8. The monoisotopic (exact) mass is 434 g/mol. The molecule has 0 bridgehead atoms. The molecule has 3 rings (SSSR count). The second kappa shape index (κ2) is 8.79. The topological polar surface area (TPSA) is 75.7 Å². The van der Waals surface area contributed by atoms with Crippen LogP contribution in [0, 0.1) is 19.8 Å². The third kappa shape index (κ3) is 5.22. The molecule has 1 heterocycles. The van der Waals surface area contributed by atoms with Crippen molar-refractivity contribution in [3.8, 4) is 0 Å². The van der Waals surface area contributed by atoms with E-state index in [-0.39, 0.29) is 24.6 Å². The number of rotatable bonds is 5. The Morgan fingerprint density at radius 1 is 1.16 bits per heavy atom. The number of alkyl halides is 3. The number of halogens is 3. The van der Waals surface area contributed by atoms with E-state index >= 15 is 0 Å². The minimum atomic E-state index is -4.54. The Hall–Kier alpha value is -3.36. The van der Waals surface area contributed by atoms with Gasteiger partial charge in [-0.25, -0.2) is 0 Å². The number of benzene rings is 2. The Labute approximate surface area is 177 Å². The lowest BCUT2D eigenvalue weighted by Crippen LogP contribution is -2.28. The predicted molar refractivity (Wildman–Crippen MR) is 107 cm³/mol. The van der Waals surface area contributed by atoms with E-state index in [1.165, 1.54) is 11.0 Å². The van der Waals surface area contributed by atoms with Gasteiger partial charge in [-0.2, -0.15) is 13.2 Å². The van der Waals surface area contributed by atoms with Crippen molar-refractivity contribution < 1.29 is 32.3 Å². The molecule has 1 saturated heterocycles. The van der Waals surface area contributed by atoms with Crippen LogP contribution in [-0.4, -0.2) is 30.9 Å². The van der Waals surface area contributed by atoms with Crippen LogP contribution in [0.1, 0.15) is 23.1 Å². The van der Waals surface area contributed by atoms with E-state index in [0.29, 0.717) is 0 Å². The van der Waals surface area contributed by atoms with Crippen LogP contribution in [0.2, 0.25) is 0 Å². The summed E-state index contributed by atoms with van der Waals surface area (Å²) >= 11 is 0. The van der Waals surface area contributed by atoms with E-state index in [4.69, 9.17) is 4.74 Å². The molecule has 6 nitrogen and oxygen atoms in total. The van der Waals surface area contributed by atoms with Crippen molar-refractivity contribution in [3.63, 3.8) is 0 Å². The number of amides is 2. The molecule has 31 heavy (non-hydrogen) atoms. The number of nitrogens with zero attached hydrogens (tertiary/aromatic N) is 1. The number of carbonyl (C=O) groups is 3. The maximum absolute atomic E-state index is 12.8. The third-order valence-electron chi connectivity index (χ3n) is 5.14. The molecule has 0 aliphatic carbocycles. The lowest BCUT2D eigenvalue weighted by Gasteiger charge is -2.20. The van der Waals surface area contributed by atoms with Crippen molar-refractivity contribution in [1.82, 2.24) is 0 Å². The summed E-state index contributed by atoms with van der Waals surface area (Å²) in [6, 6.07) is 9.69. The summed E-state index contributed by atoms with van der Waals surface area (Å²) in [5, 5.41) is 2.26. The summed E-state index contributed by atoms with van der Waals surface area (Å²) in [6.45, 7) is 3.29. The smallest absolute Gasteiger partial charge is 0.416 e. The maximum atomic E-state index is 12.8. The number of ether oxygens (including phenoxy) is 1. The van der Waals surface area contributed by atoms with Crippen LogP contribution in [0.25, 0.3) is 0 Å². The van der Waals surface area contributed by atoms with Crippen molar-refractivity contribution in [2.75, 3.05) is 23.4 Å². The Kier molecular flexibility index (Phi) is 6.33. The molecule has 0 spiro atoms. The predicted octanol–water partition coefficient (Wildman–Crippen LogP) is 3.86. The summed E-state index contributed by atoms with van der Waals surface area (Å²) in [5.74, 6) is -2.43. The molecule has 0 saturated carbocycles. The lowest BCUT2D eigenvalue weighted by atomic mass is 10.1. The van der Waals surface area contributed by atoms with Gasteiger partial charge >= 0.3 is 12.1 Å². The van der Waals surface area contributed by atoms with Crippen molar-refractivity contribution in [1.29, 1.82) is 0 Å². The number of anilines is 2. The molecule has 9 heteroatoms. The first-order valence-corrected chi connectivity index (χ1v) is 9.56. The van der Waals surface area contributed by atoms with Gasteiger partial charge in [0.25, 0.3) is 5.91 Å². The summed E-state index contributed by atoms with van der Waals surface area (Å²) in [5.41, 5.74) is 1.71. The van der Waals surface area contributed by atoms with Crippen molar-refractivity contribution >= 4 is 29.2 Å². The fourth-order valence-electron chi connectivity index (χ4n) is 3.35. The Bertz CT molecular complexity index is 1020. The molecule has 164 valence electrons. The van der Waals surface area contributed by atoms with Gasteiger partial charge in [-0.3, -0.25) is 14.4 Å². The molecule has 0 aromatic heterocycles. The lowest BCUT2D eigenvalue weighted by molar-refractivity contribution is -0.151. The summed E-state index contributed by atoms with van der Waals surface area (Å²) in [4.78, 5) is 38.2. The zero-order valence-electron chi connectivity index (χ0n) is 17.0. The molecule has 0 radical (unpaired) electrons. The Morgan fingerprint density at radius 2 is 1.87 bits per heavy atom. The highest BCUT2D eigenvalue weighted by molar-refractivity contribution is 6.00. The van der Waals surface area contributed by atoms with Gasteiger partial charge in [0.05, 0.1) is 11.5 Å². The first-order valence-electron chi connectivity index (χ1n) is 9.56. The molecular weight excluding hydrogens is 413 g/mol. The summed E-state index contributed by atoms with van der Waals surface area (Å²) in [7, 11) is 0. The summed E-state index contributed by atoms with van der Waals surface area (Å²) < 4.78 is 43.2. The second-order valence-corrected chi connectivity index (χ2v) is 7.36. The van der Waals surface area contributed by atoms with Crippen LogP contribution in [-0.2, 0) is 25.3 Å². The van der Waals surface area contributed by atoms with Gasteiger partial charge in [0.1, 0.15) is 0 Å². The SMILES string of the molecule is Cc1cccc(N2C[C@H](C(=O)OCC(=O)Nc3cccc(C(F)(F)F)c3)CC2=O)c1C. The molecule has 1 atom stereocenters. The van der Waals surface area contributed by atoms with Gasteiger partial charge in [0, 0.05) is 24.3 Å². The summed E-state index contributed by atoms with van der Waals surface area (Å²) in [6.07, 6.45) is -4.58. The van der Waals surface area contributed by atoms with Crippen LogP contribution in [0.15, 0.2) is 42.5 Å². The molecule has 2 aromatic rings. The number of hydrogen-bond acceptors (Lipinski definition) is 4. The van der Waals surface area contributed by atoms with E-state index in [2.05, 4.69) is 5.32 Å². The van der Waals surface area contributed by atoms with E-state index < -0.39 is 36.1 Å². The highest BCUT2D eigenvalue weighted by Gasteiger charge is 2.37. The van der Waals surface area contributed by atoms with Crippen LogP contribution in [0.3, 0.4) is 0 Å². The third-order valence-corrected chi connectivity index (χ3v) is 5.14. The van der Waals surface area contributed by atoms with E-state index in [9.17, 15) is 27.6 Å². The quantitative estimate of drug-likeness (QED) is 0.726. The van der Waals surface area contributed by atoms with Crippen molar-refractivity contribution in [3.05, 3.63) is 59.2 Å². The van der Waals surface area contributed by atoms with Gasteiger partial charge in [0.15, 0.2) is 6.61 Å². The molecule has 2 amide bonds. The molecule has 1 aliphatic rings. The minimum absolute atomic E-state index is 0.0402. The first kappa shape index (κ1) is 22.3. The standard InChI is InChI=1S/C22H21F3N2O4/c1-13-5-3-8-18(14(13)2)27-11-15(9-20(27)29)21(30)31-12-19(28)26-17-7-4-6-16(10-17)22(23,24)25/h3-8,10,15H,9,11-12H2,1-2H3,(H,26,28)/t15-/m1/s1. The van der Waals surface area contributed by atoms with Crippen LogP contribution >= 0.6 is 0 Å². The van der Waals surface area contributed by atoms with Gasteiger partial charge in [0.2, 0.25) is 5.91 Å². The Balaban J connectivity index is 1.56. The van der Waals surface area contributed by atoms with Gasteiger partial charge < -0.3 is 15.0 Å². The molecule has 2 aromatic carbocycles. The van der Waals surface area contributed by atoms with Crippen LogP contribution in [0.5, 0.6) is 0 Å². The van der Waals surface area contributed by atoms with Crippen molar-refractivity contribution in [2.45, 2.75) is 26.4 Å². The number of carbonyl (C=O) groups excluding carboxylic acids is 3. The van der Waals surface area contributed by atoms with Crippen LogP contribution < -0.4 is 10.2 Å². The van der Waals surface area contributed by atoms with Gasteiger partial charge in [-0.1, -0.05) is 18.2 Å². The minimum Gasteiger partial charge on any atom is -0.455 e. The zero-order valence-corrected chi connectivity index (χ0v) is 17.0. The fraction of sp³-hybridized carbons (Fsp3) is 0.318. The second-order valence-electron chi connectivity index (χ2n) is 7.36. The van der Waals surface area contributed by atoms with Crippen LogP contribution in [0.4, 0.5) is 24.5 Å². The average molecular weight is 434 g/mol. The largest absolute Gasteiger partial charge is 0.455 e. The molecule has 1 fully saturated rings. The average Bonchev–Trinajstić information content (AvgIpc) is 3.09. The highest BCUT2D eigenvalue weighted by atomic mass is 19.4. The normalized spacial score (nSPS) is 16.4. The number of esters is 1. The van der Waals surface area contributed by atoms with E-state index in [1.807, 2.05) is 26.0 Å². The molecule has 1 aliphatic heterocycles. The number of aryl methyl sites for hydroxylation is 1. The Morgan fingerprint density at radius 3 is 2.58 bits per heavy atom. The van der Waals surface area contributed by atoms with E-state index in [0.717, 1.165) is 35.0 Å². The molecule has 1 N–H and O–H groups in total. The van der Waals surface area contributed by atoms with E-state index in [1.54, 1.807) is 6.07 Å². The fourth-order valence-corrected chi connectivity index (χ4v) is 3.35. The molecule has 0 unspecified atom stereocenters. The van der Waals surface area contributed by atoms with Gasteiger partial charge in [-0.15, -0.1) is 0 Å².